The van der Waals surface area contributed by atoms with E-state index in [1.54, 1.807) is 29.2 Å². The van der Waals surface area contributed by atoms with Crippen LogP contribution in [0.4, 0.5) is 5.69 Å². The summed E-state index contributed by atoms with van der Waals surface area (Å²) in [4.78, 5) is 30.6. The number of carbonyl (C=O) groups is 2. The van der Waals surface area contributed by atoms with E-state index < -0.39 is 5.97 Å². The number of anilines is 1. The monoisotopic (exact) mass is 376 g/mol. The van der Waals surface area contributed by atoms with Crippen molar-refractivity contribution in [1.82, 2.24) is 0 Å². The highest BCUT2D eigenvalue weighted by Gasteiger charge is 2.34. The van der Waals surface area contributed by atoms with Crippen molar-refractivity contribution in [3.8, 4) is 0 Å². The van der Waals surface area contributed by atoms with Gasteiger partial charge in [0, 0.05) is 16.5 Å². The number of para-hydroxylation sites is 1. The van der Waals surface area contributed by atoms with E-state index in [0.717, 1.165) is 11.3 Å². The summed E-state index contributed by atoms with van der Waals surface area (Å²) >= 11 is 11.4. The number of hydrogen-bond acceptors (Lipinski definition) is 4. The van der Waals surface area contributed by atoms with E-state index in [1.165, 1.54) is 0 Å². The Bertz CT molecular complexity index is 834. The first kappa shape index (κ1) is 17.5. The number of alkyl halides is 1. The first-order chi connectivity index (χ1) is 12.1. The van der Waals surface area contributed by atoms with Gasteiger partial charge in [0.05, 0.1) is 18.7 Å². The van der Waals surface area contributed by atoms with Crippen LogP contribution in [-0.2, 0) is 21.0 Å². The van der Waals surface area contributed by atoms with Gasteiger partial charge in [0.15, 0.2) is 5.71 Å². The molecule has 1 aliphatic heterocycles. The van der Waals surface area contributed by atoms with Gasteiger partial charge in [0.2, 0.25) is 0 Å². The molecule has 0 N–H and O–H groups in total. The molecule has 2 aromatic rings. The molecule has 0 fully saturated rings. The minimum atomic E-state index is -0.580. The summed E-state index contributed by atoms with van der Waals surface area (Å²) in [5.74, 6) is -0.768. The van der Waals surface area contributed by atoms with Crippen molar-refractivity contribution in [3.05, 3.63) is 64.7 Å². The maximum Gasteiger partial charge on any atom is 0.336 e. The highest BCUT2D eigenvalue weighted by molar-refractivity contribution is 6.54. The number of nitrogens with zero attached hydrogens (tertiary/aromatic N) is 2. The van der Waals surface area contributed by atoms with Gasteiger partial charge in [0.25, 0.3) is 5.91 Å². The van der Waals surface area contributed by atoms with E-state index in [2.05, 4.69) is 5.16 Å². The van der Waals surface area contributed by atoms with E-state index >= 15 is 0 Å². The molecule has 7 heteroatoms. The third-order valence-corrected chi connectivity index (χ3v) is 4.13. The molecule has 0 unspecified atom stereocenters. The number of benzene rings is 2. The topological polar surface area (TPSA) is 59.0 Å². The van der Waals surface area contributed by atoms with E-state index in [-0.39, 0.29) is 23.9 Å². The fourth-order valence-electron chi connectivity index (χ4n) is 2.50. The zero-order valence-electron chi connectivity index (χ0n) is 13.1. The summed E-state index contributed by atoms with van der Waals surface area (Å²) in [5.41, 5.74) is 2.37. The van der Waals surface area contributed by atoms with Gasteiger partial charge in [-0.1, -0.05) is 47.1 Å². The summed E-state index contributed by atoms with van der Waals surface area (Å²) in [6, 6.07) is 14.5. The third kappa shape index (κ3) is 3.83. The summed E-state index contributed by atoms with van der Waals surface area (Å²) < 4.78 is 0. The molecule has 2 aromatic carbocycles. The van der Waals surface area contributed by atoms with Crippen LogP contribution in [-0.4, -0.2) is 23.5 Å². The molecule has 1 heterocycles. The minimum absolute atomic E-state index is 0.0304. The van der Waals surface area contributed by atoms with Gasteiger partial charge in [-0.15, -0.1) is 11.6 Å². The van der Waals surface area contributed by atoms with Crippen molar-refractivity contribution in [2.24, 2.45) is 5.16 Å². The Morgan fingerprint density at radius 2 is 1.84 bits per heavy atom. The van der Waals surface area contributed by atoms with Crippen LogP contribution in [0.2, 0.25) is 5.02 Å². The molecule has 3 rings (SSSR count). The van der Waals surface area contributed by atoms with Gasteiger partial charge in [0.1, 0.15) is 0 Å². The molecule has 0 saturated heterocycles. The number of oxime groups is 1. The van der Waals surface area contributed by atoms with Crippen LogP contribution in [0.25, 0.3) is 0 Å². The van der Waals surface area contributed by atoms with Crippen LogP contribution >= 0.6 is 23.2 Å². The number of hydrogen-bond donors (Lipinski definition) is 0. The van der Waals surface area contributed by atoms with Crippen molar-refractivity contribution in [2.75, 3.05) is 10.8 Å². The lowest BCUT2D eigenvalue weighted by Crippen LogP contribution is -2.29. The molecule has 0 saturated carbocycles. The molecular formula is C18H14Cl2N2O3. The largest absolute Gasteiger partial charge is 0.336 e. The fourth-order valence-corrected chi connectivity index (χ4v) is 2.78. The maximum atomic E-state index is 12.8. The van der Waals surface area contributed by atoms with Crippen molar-refractivity contribution in [1.29, 1.82) is 0 Å². The number of fused-ring (bicyclic) bond motifs is 1. The standard InChI is InChI=1S/C18H14Cl2N2O3/c19-10-9-16(23)25-21-17-14-3-1-2-4-15(14)22(18(17)24)11-12-5-7-13(20)8-6-12/h1-8H,9-11H2/b21-17+. The van der Waals surface area contributed by atoms with Crippen LogP contribution in [0.5, 0.6) is 0 Å². The lowest BCUT2D eigenvalue weighted by Gasteiger charge is -2.16. The average molecular weight is 377 g/mol. The Hall–Kier alpha value is -2.37. The molecule has 0 aromatic heterocycles. The molecule has 128 valence electrons. The first-order valence-corrected chi connectivity index (χ1v) is 8.51. The van der Waals surface area contributed by atoms with Crippen molar-refractivity contribution in [2.45, 2.75) is 13.0 Å². The smallest absolute Gasteiger partial charge is 0.317 e. The normalized spacial score (nSPS) is 14.7. The summed E-state index contributed by atoms with van der Waals surface area (Å²) in [7, 11) is 0. The summed E-state index contributed by atoms with van der Waals surface area (Å²) in [6.07, 6.45) is 0.0304. The molecule has 0 radical (unpaired) electrons. The Morgan fingerprint density at radius 1 is 1.12 bits per heavy atom. The number of halogens is 2. The van der Waals surface area contributed by atoms with Gasteiger partial charge in [-0.05, 0) is 23.8 Å². The van der Waals surface area contributed by atoms with Crippen LogP contribution < -0.4 is 4.90 Å². The van der Waals surface area contributed by atoms with Crippen molar-refractivity contribution < 1.29 is 14.4 Å². The first-order valence-electron chi connectivity index (χ1n) is 7.59. The van der Waals surface area contributed by atoms with Crippen LogP contribution in [0.1, 0.15) is 17.5 Å². The van der Waals surface area contributed by atoms with Crippen LogP contribution in [0.15, 0.2) is 53.7 Å². The van der Waals surface area contributed by atoms with E-state index in [0.29, 0.717) is 17.1 Å². The Labute approximate surface area is 154 Å². The van der Waals surface area contributed by atoms with Gasteiger partial charge in [-0.2, -0.15) is 0 Å². The predicted octanol–water partition coefficient (Wildman–Crippen LogP) is 3.76. The number of amides is 1. The molecule has 0 bridgehead atoms. The zero-order valence-corrected chi connectivity index (χ0v) is 14.6. The lowest BCUT2D eigenvalue weighted by atomic mass is 10.1. The Balaban J connectivity index is 1.88. The molecule has 1 aliphatic rings. The van der Waals surface area contributed by atoms with Crippen LogP contribution in [0, 0.1) is 0 Å². The third-order valence-electron chi connectivity index (χ3n) is 3.69. The molecule has 0 spiro atoms. The van der Waals surface area contributed by atoms with E-state index in [9.17, 15) is 9.59 Å². The van der Waals surface area contributed by atoms with Gasteiger partial charge in [-0.25, -0.2) is 4.79 Å². The number of carbonyl (C=O) groups excluding carboxylic acids is 2. The Morgan fingerprint density at radius 3 is 2.56 bits per heavy atom. The second-order valence-electron chi connectivity index (χ2n) is 5.38. The van der Waals surface area contributed by atoms with Gasteiger partial charge >= 0.3 is 5.97 Å². The lowest BCUT2D eigenvalue weighted by molar-refractivity contribution is -0.143. The molecular weight excluding hydrogens is 363 g/mol. The van der Waals surface area contributed by atoms with Gasteiger partial charge < -0.3 is 9.74 Å². The minimum Gasteiger partial charge on any atom is -0.317 e. The Kier molecular flexibility index (Phi) is 5.36. The fraction of sp³-hybridized carbons (Fsp3) is 0.167. The van der Waals surface area contributed by atoms with E-state index in [4.69, 9.17) is 28.0 Å². The molecule has 5 nitrogen and oxygen atoms in total. The quantitative estimate of drug-likeness (QED) is 0.453. The predicted molar refractivity (Wildman–Crippen MR) is 97.1 cm³/mol. The summed E-state index contributed by atoms with van der Waals surface area (Å²) in [5, 5.41) is 4.40. The molecule has 0 aliphatic carbocycles. The highest BCUT2D eigenvalue weighted by atomic mass is 35.5. The van der Waals surface area contributed by atoms with Crippen molar-refractivity contribution >= 4 is 46.5 Å². The summed E-state index contributed by atoms with van der Waals surface area (Å²) in [6.45, 7) is 0.363. The van der Waals surface area contributed by atoms with Crippen molar-refractivity contribution in [3.63, 3.8) is 0 Å². The average Bonchev–Trinajstić information content (AvgIpc) is 2.87. The van der Waals surface area contributed by atoms with E-state index in [1.807, 2.05) is 24.3 Å². The second kappa shape index (κ2) is 7.68. The number of rotatable bonds is 5. The molecule has 0 atom stereocenters. The second-order valence-corrected chi connectivity index (χ2v) is 6.19. The molecule has 1 amide bonds. The maximum absolute atomic E-state index is 12.8. The van der Waals surface area contributed by atoms with Gasteiger partial charge in [-0.3, -0.25) is 4.79 Å². The zero-order chi connectivity index (χ0) is 17.8. The molecule has 25 heavy (non-hydrogen) atoms. The highest BCUT2D eigenvalue weighted by Crippen LogP contribution is 2.30. The SMILES string of the molecule is O=C(CCCl)O/N=C1/C(=O)N(Cc2ccc(Cl)cc2)c2ccccc21. The van der Waals surface area contributed by atoms with Crippen LogP contribution in [0.3, 0.4) is 0 Å².